The van der Waals surface area contributed by atoms with E-state index in [1.807, 2.05) is 0 Å². The van der Waals surface area contributed by atoms with Gasteiger partial charge in [-0.3, -0.25) is 0 Å². The van der Waals surface area contributed by atoms with Gasteiger partial charge in [-0.1, -0.05) is 0 Å². The molecule has 0 amide bonds. The summed E-state index contributed by atoms with van der Waals surface area (Å²) in [4.78, 5) is 7.72. The van der Waals surface area contributed by atoms with Gasteiger partial charge in [-0.25, -0.2) is 23.1 Å². The fourth-order valence-electron chi connectivity index (χ4n) is 1.53. The van der Waals surface area contributed by atoms with Crippen LogP contribution in [0.3, 0.4) is 0 Å². The van der Waals surface area contributed by atoms with E-state index in [4.69, 9.17) is 4.74 Å². The zero-order valence-corrected chi connectivity index (χ0v) is 9.45. The van der Waals surface area contributed by atoms with E-state index < -0.39 is 18.8 Å². The van der Waals surface area contributed by atoms with Crippen LogP contribution >= 0.6 is 0 Å². The number of aromatic nitrogens is 2. The second-order valence-electron chi connectivity index (χ2n) is 3.50. The van der Waals surface area contributed by atoms with Crippen LogP contribution in [0, 0.1) is 5.82 Å². The number of ether oxygens (including phenoxy) is 1. The van der Waals surface area contributed by atoms with Crippen LogP contribution < -0.4 is 10.1 Å². The summed E-state index contributed by atoms with van der Waals surface area (Å²) in [6.07, 6.45) is -1.32. The van der Waals surface area contributed by atoms with Gasteiger partial charge in [0.05, 0.1) is 19.2 Å². The van der Waals surface area contributed by atoms with E-state index in [0.717, 1.165) is 0 Å². The summed E-state index contributed by atoms with van der Waals surface area (Å²) >= 11 is 0. The monoisotopic (exact) mass is 257 g/mol. The van der Waals surface area contributed by atoms with Crippen molar-refractivity contribution in [3.8, 4) is 5.75 Å². The molecule has 0 spiro atoms. The van der Waals surface area contributed by atoms with Gasteiger partial charge in [0.1, 0.15) is 12.1 Å². The van der Waals surface area contributed by atoms with Gasteiger partial charge >= 0.3 is 0 Å². The maximum atomic E-state index is 13.4. The van der Waals surface area contributed by atoms with Gasteiger partial charge in [0, 0.05) is 11.5 Å². The minimum atomic E-state index is -2.50. The van der Waals surface area contributed by atoms with E-state index in [1.165, 1.54) is 25.6 Å². The number of benzene rings is 1. The molecule has 96 valence electrons. The first-order valence-corrected chi connectivity index (χ1v) is 5.12. The van der Waals surface area contributed by atoms with E-state index in [0.29, 0.717) is 10.9 Å². The van der Waals surface area contributed by atoms with Crippen molar-refractivity contribution in [3.63, 3.8) is 0 Å². The number of nitrogens with one attached hydrogen (secondary N) is 1. The van der Waals surface area contributed by atoms with Crippen molar-refractivity contribution in [3.05, 3.63) is 24.3 Å². The summed E-state index contributed by atoms with van der Waals surface area (Å²) in [5.74, 6) is -0.334. The molecule has 2 rings (SSSR count). The highest BCUT2D eigenvalue weighted by Gasteiger charge is 2.11. The van der Waals surface area contributed by atoms with Gasteiger partial charge in [0.2, 0.25) is 0 Å². The number of hydrogen-bond donors (Lipinski definition) is 1. The SMILES string of the molecule is COc1cc2c(NCC(F)F)ncnc2cc1F. The van der Waals surface area contributed by atoms with Crippen molar-refractivity contribution in [2.75, 3.05) is 19.0 Å². The number of rotatable bonds is 4. The summed E-state index contributed by atoms with van der Waals surface area (Å²) in [7, 11) is 1.32. The van der Waals surface area contributed by atoms with Crippen LogP contribution in [0.15, 0.2) is 18.5 Å². The molecule has 0 aliphatic carbocycles. The van der Waals surface area contributed by atoms with Crippen molar-refractivity contribution in [1.29, 1.82) is 0 Å². The van der Waals surface area contributed by atoms with Gasteiger partial charge in [-0.2, -0.15) is 0 Å². The standard InChI is InChI=1S/C11H10F3N3O/c1-18-9-2-6-8(3-7(9)12)16-5-17-11(6)15-4-10(13)14/h2-3,5,10H,4H2,1H3,(H,15,16,17). The highest BCUT2D eigenvalue weighted by atomic mass is 19.3. The van der Waals surface area contributed by atoms with Gasteiger partial charge in [-0.05, 0) is 6.07 Å². The Kier molecular flexibility index (Phi) is 3.50. The lowest BCUT2D eigenvalue weighted by Crippen LogP contribution is -2.11. The second kappa shape index (κ2) is 5.07. The highest BCUT2D eigenvalue weighted by Crippen LogP contribution is 2.27. The summed E-state index contributed by atoms with van der Waals surface area (Å²) in [6, 6.07) is 2.54. The normalized spacial score (nSPS) is 10.9. The van der Waals surface area contributed by atoms with Gasteiger partial charge in [0.25, 0.3) is 6.43 Å². The van der Waals surface area contributed by atoms with E-state index >= 15 is 0 Å². The molecule has 1 heterocycles. The van der Waals surface area contributed by atoms with Crippen LogP contribution in [0.25, 0.3) is 10.9 Å². The Bertz CT molecular complexity index is 562. The Labute approximate surface area is 101 Å². The number of hydrogen-bond acceptors (Lipinski definition) is 4. The number of halogens is 3. The first-order valence-electron chi connectivity index (χ1n) is 5.12. The number of alkyl halides is 2. The number of methoxy groups -OCH3 is 1. The zero-order chi connectivity index (χ0) is 13.1. The lowest BCUT2D eigenvalue weighted by molar-refractivity contribution is 0.163. The number of anilines is 1. The Morgan fingerprint density at radius 1 is 1.33 bits per heavy atom. The molecule has 0 bridgehead atoms. The third-order valence-electron chi connectivity index (χ3n) is 2.33. The molecule has 1 N–H and O–H groups in total. The molecule has 0 saturated heterocycles. The van der Waals surface area contributed by atoms with Gasteiger partial charge in [0.15, 0.2) is 11.6 Å². The molecule has 0 aliphatic heterocycles. The smallest absolute Gasteiger partial charge is 0.255 e. The van der Waals surface area contributed by atoms with Crippen LogP contribution in [0.5, 0.6) is 5.75 Å². The third-order valence-corrected chi connectivity index (χ3v) is 2.33. The molecule has 0 unspecified atom stereocenters. The molecule has 7 heteroatoms. The summed E-state index contributed by atoms with van der Waals surface area (Å²) in [6.45, 7) is -0.536. The average molecular weight is 257 g/mol. The summed E-state index contributed by atoms with van der Waals surface area (Å²) in [5.41, 5.74) is 0.320. The van der Waals surface area contributed by atoms with Crippen LogP contribution in [0.4, 0.5) is 19.0 Å². The minimum Gasteiger partial charge on any atom is -0.494 e. The first-order chi connectivity index (χ1) is 8.61. The molecule has 0 aliphatic rings. The van der Waals surface area contributed by atoms with E-state index in [9.17, 15) is 13.2 Å². The largest absolute Gasteiger partial charge is 0.494 e. The second-order valence-corrected chi connectivity index (χ2v) is 3.50. The molecule has 0 atom stereocenters. The van der Waals surface area contributed by atoms with Gasteiger partial charge < -0.3 is 10.1 Å². The van der Waals surface area contributed by atoms with E-state index in [2.05, 4.69) is 15.3 Å². The quantitative estimate of drug-likeness (QED) is 0.913. The lowest BCUT2D eigenvalue weighted by atomic mass is 10.2. The molecule has 18 heavy (non-hydrogen) atoms. The van der Waals surface area contributed by atoms with Crippen molar-refractivity contribution in [1.82, 2.24) is 9.97 Å². The van der Waals surface area contributed by atoms with Crippen LogP contribution in [0.2, 0.25) is 0 Å². The predicted octanol–water partition coefficient (Wildman–Crippen LogP) is 2.45. The molecular weight excluding hydrogens is 247 g/mol. The molecule has 1 aromatic heterocycles. The van der Waals surface area contributed by atoms with Crippen molar-refractivity contribution in [2.45, 2.75) is 6.43 Å². The fourth-order valence-corrected chi connectivity index (χ4v) is 1.53. The summed E-state index contributed by atoms with van der Waals surface area (Å²) in [5, 5.41) is 2.91. The predicted molar refractivity (Wildman–Crippen MR) is 60.5 cm³/mol. The van der Waals surface area contributed by atoms with E-state index in [1.54, 1.807) is 0 Å². The van der Waals surface area contributed by atoms with Crippen LogP contribution in [0.1, 0.15) is 0 Å². The Hall–Kier alpha value is -2.05. The number of nitrogens with zero attached hydrogens (tertiary/aromatic N) is 2. The molecule has 4 nitrogen and oxygen atoms in total. The molecule has 0 saturated carbocycles. The van der Waals surface area contributed by atoms with E-state index in [-0.39, 0.29) is 11.6 Å². The number of fused-ring (bicyclic) bond motifs is 1. The average Bonchev–Trinajstić information content (AvgIpc) is 2.35. The minimum absolute atomic E-state index is 0.0115. The molecule has 2 aromatic rings. The van der Waals surface area contributed by atoms with Crippen LogP contribution in [-0.4, -0.2) is 30.0 Å². The maximum Gasteiger partial charge on any atom is 0.255 e. The molecular formula is C11H10F3N3O. The molecule has 0 fully saturated rings. The topological polar surface area (TPSA) is 47.0 Å². The first kappa shape index (κ1) is 12.4. The fraction of sp³-hybridized carbons (Fsp3) is 0.273. The van der Waals surface area contributed by atoms with Gasteiger partial charge in [-0.15, -0.1) is 0 Å². The Balaban J connectivity index is 2.46. The summed E-state index contributed by atoms with van der Waals surface area (Å²) < 4.78 is 42.5. The Morgan fingerprint density at radius 3 is 2.78 bits per heavy atom. The van der Waals surface area contributed by atoms with Crippen molar-refractivity contribution < 1.29 is 17.9 Å². The maximum absolute atomic E-state index is 13.4. The van der Waals surface area contributed by atoms with Crippen LogP contribution in [-0.2, 0) is 0 Å². The van der Waals surface area contributed by atoms with Crippen molar-refractivity contribution in [2.24, 2.45) is 0 Å². The highest BCUT2D eigenvalue weighted by molar-refractivity contribution is 5.90. The molecule has 1 aromatic carbocycles. The molecule has 0 radical (unpaired) electrons. The Morgan fingerprint density at radius 2 is 2.11 bits per heavy atom. The van der Waals surface area contributed by atoms with Crippen molar-refractivity contribution >= 4 is 16.7 Å². The lowest BCUT2D eigenvalue weighted by Gasteiger charge is -2.09. The third kappa shape index (κ3) is 2.44. The zero-order valence-electron chi connectivity index (χ0n) is 9.45.